The van der Waals surface area contributed by atoms with E-state index in [4.69, 9.17) is 0 Å². The third-order valence-electron chi connectivity index (χ3n) is 1.10. The van der Waals surface area contributed by atoms with E-state index < -0.39 is 4.92 Å². The third kappa shape index (κ3) is 1.38. The molecule has 9 heavy (non-hydrogen) atoms. The number of hydrogen-bond acceptors (Lipinski definition) is 2. The van der Waals surface area contributed by atoms with Crippen molar-refractivity contribution in [3.63, 3.8) is 0 Å². The van der Waals surface area contributed by atoms with Gasteiger partial charge in [-0.15, -0.1) is 0 Å². The van der Waals surface area contributed by atoms with Crippen LogP contribution in [0.1, 0.15) is 12.8 Å². The number of allylic oxidation sites excluding steroid dienone is 3. The Morgan fingerprint density at radius 1 is 1.67 bits per heavy atom. The predicted molar refractivity (Wildman–Crippen MR) is 32.1 cm³/mol. The van der Waals surface area contributed by atoms with Gasteiger partial charge in [-0.1, -0.05) is 6.08 Å². The van der Waals surface area contributed by atoms with E-state index in [1.54, 1.807) is 12.2 Å². The van der Waals surface area contributed by atoms with E-state index in [0.717, 1.165) is 12.8 Å². The first-order valence-electron chi connectivity index (χ1n) is 2.73. The summed E-state index contributed by atoms with van der Waals surface area (Å²) in [6.07, 6.45) is 7.47. The fourth-order valence-electron chi connectivity index (χ4n) is 0.666. The summed E-state index contributed by atoms with van der Waals surface area (Å²) in [7, 11) is 0. The van der Waals surface area contributed by atoms with E-state index in [0.29, 0.717) is 0 Å². The second-order valence-electron chi connectivity index (χ2n) is 1.77. The van der Waals surface area contributed by atoms with Gasteiger partial charge in [0.05, 0.1) is 11.0 Å². The van der Waals surface area contributed by atoms with Gasteiger partial charge in [-0.3, -0.25) is 10.1 Å². The van der Waals surface area contributed by atoms with Crippen molar-refractivity contribution in [2.75, 3.05) is 0 Å². The van der Waals surface area contributed by atoms with Gasteiger partial charge in [0.1, 0.15) is 0 Å². The van der Waals surface area contributed by atoms with E-state index >= 15 is 0 Å². The van der Waals surface area contributed by atoms with Crippen LogP contribution in [-0.2, 0) is 0 Å². The first kappa shape index (κ1) is 6.01. The van der Waals surface area contributed by atoms with Crippen LogP contribution in [0.3, 0.4) is 0 Å². The van der Waals surface area contributed by atoms with E-state index in [1.165, 1.54) is 0 Å². The maximum Gasteiger partial charge on any atom is 0.273 e. The molecular formula is C6H6NO2. The van der Waals surface area contributed by atoms with Crippen LogP contribution in [-0.4, -0.2) is 4.92 Å². The van der Waals surface area contributed by atoms with Gasteiger partial charge in [-0.05, 0) is 18.9 Å². The summed E-state index contributed by atoms with van der Waals surface area (Å²) in [6, 6.07) is 0. The topological polar surface area (TPSA) is 43.1 Å². The van der Waals surface area contributed by atoms with Crippen LogP contribution >= 0.6 is 0 Å². The Hall–Kier alpha value is -1.12. The molecule has 0 heterocycles. The molecule has 3 heteroatoms. The molecule has 1 aliphatic carbocycles. The normalized spacial score (nSPS) is 17.1. The van der Waals surface area contributed by atoms with Crippen LogP contribution in [0, 0.1) is 16.2 Å². The largest absolute Gasteiger partial charge is 0.273 e. The second kappa shape index (κ2) is 2.44. The molecule has 0 unspecified atom stereocenters. The Kier molecular flexibility index (Phi) is 1.63. The highest BCUT2D eigenvalue weighted by molar-refractivity contribution is 5.08. The van der Waals surface area contributed by atoms with Gasteiger partial charge in [-0.25, -0.2) is 0 Å². The van der Waals surface area contributed by atoms with Crippen molar-refractivity contribution in [1.82, 2.24) is 0 Å². The van der Waals surface area contributed by atoms with Gasteiger partial charge in [0.25, 0.3) is 5.70 Å². The molecule has 0 spiro atoms. The average molecular weight is 124 g/mol. The predicted octanol–water partition coefficient (Wildman–Crippen LogP) is 1.30. The Morgan fingerprint density at radius 2 is 2.44 bits per heavy atom. The molecular weight excluding hydrogens is 118 g/mol. The van der Waals surface area contributed by atoms with Crippen molar-refractivity contribution in [3.05, 3.63) is 34.0 Å². The summed E-state index contributed by atoms with van der Waals surface area (Å²) < 4.78 is 0. The van der Waals surface area contributed by atoms with Gasteiger partial charge in [0.2, 0.25) is 0 Å². The molecule has 3 nitrogen and oxygen atoms in total. The van der Waals surface area contributed by atoms with Crippen LogP contribution in [0.4, 0.5) is 0 Å². The lowest BCUT2D eigenvalue weighted by Crippen LogP contribution is -1.97. The van der Waals surface area contributed by atoms with E-state index in [1.807, 2.05) is 0 Å². The molecule has 0 amide bonds. The minimum atomic E-state index is -0.421. The fraction of sp³-hybridized carbons (Fsp3) is 0.333. The van der Waals surface area contributed by atoms with Crippen LogP contribution < -0.4 is 0 Å². The van der Waals surface area contributed by atoms with Crippen molar-refractivity contribution in [1.29, 1.82) is 0 Å². The van der Waals surface area contributed by atoms with Crippen molar-refractivity contribution in [3.8, 4) is 0 Å². The van der Waals surface area contributed by atoms with E-state index in [9.17, 15) is 10.1 Å². The highest BCUT2D eigenvalue weighted by Crippen LogP contribution is 2.07. The zero-order valence-corrected chi connectivity index (χ0v) is 4.83. The fourth-order valence-corrected chi connectivity index (χ4v) is 0.666. The monoisotopic (exact) mass is 124 g/mol. The summed E-state index contributed by atoms with van der Waals surface area (Å²) >= 11 is 0. The van der Waals surface area contributed by atoms with Crippen molar-refractivity contribution >= 4 is 0 Å². The number of nitro groups is 1. The van der Waals surface area contributed by atoms with Crippen LogP contribution in [0.5, 0.6) is 0 Å². The number of hydrogen-bond donors (Lipinski definition) is 0. The Labute approximate surface area is 52.8 Å². The van der Waals surface area contributed by atoms with Gasteiger partial charge in [0, 0.05) is 0 Å². The Morgan fingerprint density at radius 3 is 2.78 bits per heavy atom. The summed E-state index contributed by atoms with van der Waals surface area (Å²) in [4.78, 5) is 9.59. The molecule has 0 fully saturated rings. The van der Waals surface area contributed by atoms with Crippen molar-refractivity contribution in [2.24, 2.45) is 0 Å². The van der Waals surface area contributed by atoms with Crippen LogP contribution in [0.2, 0.25) is 0 Å². The molecule has 0 aromatic rings. The molecule has 0 aromatic heterocycles. The third-order valence-corrected chi connectivity index (χ3v) is 1.10. The molecule has 0 saturated heterocycles. The standard InChI is InChI=1S/C6H6NO2/c8-7(9)6-4-2-1-3-5-6/h2,5H,1,3H2. The number of nitrogens with zero attached hydrogens (tertiary/aromatic N) is 1. The molecule has 1 radical (unpaired) electrons. The molecule has 0 N–H and O–H groups in total. The quantitative estimate of drug-likeness (QED) is 0.390. The molecule has 0 atom stereocenters. The first-order chi connectivity index (χ1) is 4.30. The second-order valence-corrected chi connectivity index (χ2v) is 1.77. The van der Waals surface area contributed by atoms with Gasteiger partial charge in [0.15, 0.2) is 0 Å². The SMILES string of the molecule is O=[N+]([O-])C1=CCCC=[C]1. The maximum absolute atomic E-state index is 10.0. The summed E-state index contributed by atoms with van der Waals surface area (Å²) in [6.45, 7) is 0. The van der Waals surface area contributed by atoms with Gasteiger partial charge < -0.3 is 0 Å². The minimum Gasteiger partial charge on any atom is -0.258 e. The molecule has 0 aromatic carbocycles. The Balaban J connectivity index is 2.69. The highest BCUT2D eigenvalue weighted by Gasteiger charge is 2.07. The smallest absolute Gasteiger partial charge is 0.258 e. The van der Waals surface area contributed by atoms with E-state index in [-0.39, 0.29) is 5.70 Å². The Bertz CT molecular complexity index is 181. The molecule has 1 rings (SSSR count). The molecule has 0 aliphatic heterocycles. The summed E-state index contributed by atoms with van der Waals surface area (Å²) in [5, 5.41) is 10.0. The maximum atomic E-state index is 10.0. The number of rotatable bonds is 1. The molecule has 0 saturated carbocycles. The van der Waals surface area contributed by atoms with Crippen LogP contribution in [0.15, 0.2) is 17.8 Å². The summed E-state index contributed by atoms with van der Waals surface area (Å²) in [5.41, 5.74) is 0.0984. The molecule has 47 valence electrons. The molecule has 1 aliphatic rings. The average Bonchev–Trinajstić information content (AvgIpc) is 1.90. The molecule has 0 bridgehead atoms. The zero-order chi connectivity index (χ0) is 6.69. The van der Waals surface area contributed by atoms with Gasteiger partial charge >= 0.3 is 0 Å². The minimum absolute atomic E-state index is 0.0984. The first-order valence-corrected chi connectivity index (χ1v) is 2.73. The van der Waals surface area contributed by atoms with Gasteiger partial charge in [-0.2, -0.15) is 0 Å². The lowest BCUT2D eigenvalue weighted by atomic mass is 10.2. The lowest BCUT2D eigenvalue weighted by molar-refractivity contribution is -0.420. The highest BCUT2D eigenvalue weighted by atomic mass is 16.6. The van der Waals surface area contributed by atoms with Crippen molar-refractivity contribution < 1.29 is 4.92 Å². The van der Waals surface area contributed by atoms with E-state index in [2.05, 4.69) is 6.08 Å². The lowest BCUT2D eigenvalue weighted by Gasteiger charge is -1.94. The van der Waals surface area contributed by atoms with Crippen LogP contribution in [0.25, 0.3) is 0 Å². The summed E-state index contributed by atoms with van der Waals surface area (Å²) in [5.74, 6) is 0. The zero-order valence-electron chi connectivity index (χ0n) is 4.83. The van der Waals surface area contributed by atoms with Crippen molar-refractivity contribution in [2.45, 2.75) is 12.8 Å².